The van der Waals surface area contributed by atoms with Crippen LogP contribution in [0, 0.1) is 13.8 Å². The van der Waals surface area contributed by atoms with Crippen molar-refractivity contribution < 1.29 is 28.4 Å². The highest BCUT2D eigenvalue weighted by Crippen LogP contribution is 2.36. The molecule has 5 N–H and O–H groups in total. The number of nitrogens with zero attached hydrogens (tertiary/aromatic N) is 5. The van der Waals surface area contributed by atoms with E-state index in [9.17, 15) is 19.2 Å². The number of aromatic nitrogens is 4. The summed E-state index contributed by atoms with van der Waals surface area (Å²) < 4.78 is 25.0. The molecule has 16 nitrogen and oxygen atoms in total. The predicted octanol–water partition coefficient (Wildman–Crippen LogP) is 8.97. The summed E-state index contributed by atoms with van der Waals surface area (Å²) in [5.74, 6) is 0.621. The second kappa shape index (κ2) is 23.4. The molecule has 2 amide bonds. The van der Waals surface area contributed by atoms with Crippen LogP contribution >= 0.6 is 0 Å². The van der Waals surface area contributed by atoms with Gasteiger partial charge in [0.1, 0.15) is 22.8 Å². The number of carbonyl (C=O) groups is 2. The Labute approximate surface area is 398 Å². The Bertz CT molecular complexity index is 2340. The van der Waals surface area contributed by atoms with E-state index in [0.717, 1.165) is 53.4 Å². The van der Waals surface area contributed by atoms with E-state index >= 15 is 0 Å². The topological polar surface area (TPSA) is 210 Å². The minimum Gasteiger partial charge on any atom is -0.444 e. The van der Waals surface area contributed by atoms with Gasteiger partial charge in [0.25, 0.3) is 0 Å². The Morgan fingerprint density at radius 2 is 1.19 bits per heavy atom. The number of rotatable bonds is 12. The fourth-order valence-electron chi connectivity index (χ4n) is 6.58. The van der Waals surface area contributed by atoms with E-state index in [-0.39, 0.29) is 48.4 Å². The fourth-order valence-corrected chi connectivity index (χ4v) is 6.58. The van der Waals surface area contributed by atoms with Gasteiger partial charge in [-0.1, -0.05) is 63.1 Å². The molecule has 0 saturated carbocycles. The molecule has 0 spiro atoms. The summed E-state index contributed by atoms with van der Waals surface area (Å²) in [6.07, 6.45) is 6.37. The first-order chi connectivity index (χ1) is 31.0. The van der Waals surface area contributed by atoms with Crippen molar-refractivity contribution in [2.24, 2.45) is 0 Å². The Kier molecular flexibility index (Phi) is 19.4. The van der Waals surface area contributed by atoms with Gasteiger partial charge in [0.2, 0.25) is 0 Å². The third kappa shape index (κ3) is 16.3. The summed E-state index contributed by atoms with van der Waals surface area (Å²) in [5, 5.41) is 0. The molecule has 2 atom stereocenters. The third-order valence-electron chi connectivity index (χ3n) is 11.5. The van der Waals surface area contributed by atoms with Crippen molar-refractivity contribution in [3.8, 4) is 5.69 Å². The van der Waals surface area contributed by atoms with Gasteiger partial charge in [-0.2, -0.15) is 4.98 Å². The van der Waals surface area contributed by atoms with Crippen molar-refractivity contribution in [1.29, 1.82) is 0 Å². The molecule has 2 aromatic heterocycles. The number of aryl methyl sites for hydroxylation is 2. The Morgan fingerprint density at radius 3 is 1.58 bits per heavy atom. The van der Waals surface area contributed by atoms with Crippen molar-refractivity contribution >= 4 is 36.4 Å². The minimum absolute atomic E-state index is 0.0799. The molecule has 4 aromatic rings. The molecule has 0 bridgehead atoms. The number of unbranched alkanes of at least 4 members (excludes halogenated alkanes) is 2. The number of anilines is 2. The number of benzene rings is 2. The molecule has 1 fully saturated rings. The maximum absolute atomic E-state index is 12.8. The van der Waals surface area contributed by atoms with Crippen LogP contribution in [0.5, 0.6) is 0 Å². The molecule has 5 rings (SSSR count). The van der Waals surface area contributed by atoms with E-state index in [1.807, 2.05) is 109 Å². The SMILES string of the molecule is CCCCN(C(=O)OC(C)(C)C)[C@@H](C)c1ccc(-n2cc(C)c(N)nc2=O)cc1.CCCCN(C(=O)OC(C)(C)C)[C@@H](C)c1ccc(B2OC(C)(C)C(C)(C)O2)cc1.Cc1cnc(=O)[nH]c1N. The number of carbonyl (C=O) groups excluding carboxylic acids is 2. The first kappa shape index (κ1) is 55.7. The molecule has 2 aromatic carbocycles. The Hall–Kier alpha value is -5.68. The number of H-pyrrole nitrogens is 1. The van der Waals surface area contributed by atoms with Gasteiger partial charge in [0.05, 0.1) is 29.0 Å². The highest BCUT2D eigenvalue weighted by atomic mass is 16.7. The average Bonchev–Trinajstić information content (AvgIpc) is 3.45. The van der Waals surface area contributed by atoms with Crippen LogP contribution in [0.2, 0.25) is 0 Å². The van der Waals surface area contributed by atoms with Crippen molar-refractivity contribution in [3.05, 3.63) is 104 Å². The first-order valence-corrected chi connectivity index (χ1v) is 23.2. The van der Waals surface area contributed by atoms with Gasteiger partial charge in [-0.25, -0.2) is 24.2 Å². The number of nitrogen functional groups attached to an aromatic ring is 2. The van der Waals surface area contributed by atoms with Crippen LogP contribution in [0.3, 0.4) is 0 Å². The van der Waals surface area contributed by atoms with Crippen LogP contribution in [-0.4, -0.2) is 84.1 Å². The molecular formula is C50H77BN8O8. The molecule has 0 unspecified atom stereocenters. The quantitative estimate of drug-likeness (QED) is 0.114. The van der Waals surface area contributed by atoms with E-state index in [0.29, 0.717) is 24.6 Å². The maximum atomic E-state index is 12.8. The molecule has 67 heavy (non-hydrogen) atoms. The van der Waals surface area contributed by atoms with Gasteiger partial charge in [-0.05, 0) is 138 Å². The van der Waals surface area contributed by atoms with Gasteiger partial charge in [0.15, 0.2) is 0 Å². The van der Waals surface area contributed by atoms with Gasteiger partial charge < -0.3 is 40.0 Å². The molecule has 1 aliphatic heterocycles. The van der Waals surface area contributed by atoms with Gasteiger partial charge in [0, 0.05) is 36.6 Å². The smallest absolute Gasteiger partial charge is 0.444 e. The lowest BCUT2D eigenvalue weighted by molar-refractivity contribution is 0.00578. The summed E-state index contributed by atoms with van der Waals surface area (Å²) in [6.45, 7) is 32.6. The summed E-state index contributed by atoms with van der Waals surface area (Å²) in [4.78, 5) is 61.3. The number of aromatic amines is 1. The van der Waals surface area contributed by atoms with Crippen LogP contribution in [-0.2, 0) is 18.8 Å². The second-order valence-electron chi connectivity index (χ2n) is 20.0. The van der Waals surface area contributed by atoms with Crippen molar-refractivity contribution in [1.82, 2.24) is 29.3 Å². The number of amides is 2. The molecule has 1 saturated heterocycles. The van der Waals surface area contributed by atoms with Crippen LogP contribution in [0.4, 0.5) is 21.2 Å². The van der Waals surface area contributed by atoms with E-state index < -0.39 is 22.6 Å². The van der Waals surface area contributed by atoms with Crippen molar-refractivity contribution in [2.45, 2.75) is 171 Å². The Morgan fingerprint density at radius 1 is 0.761 bits per heavy atom. The van der Waals surface area contributed by atoms with E-state index in [4.69, 9.17) is 30.2 Å². The lowest BCUT2D eigenvalue weighted by Crippen LogP contribution is -2.41. The Balaban J connectivity index is 0.000000299. The minimum atomic E-state index is -0.549. The largest absolute Gasteiger partial charge is 0.494 e. The van der Waals surface area contributed by atoms with Crippen LogP contribution in [0.1, 0.15) is 157 Å². The zero-order valence-corrected chi connectivity index (χ0v) is 42.9. The maximum Gasteiger partial charge on any atom is 0.494 e. The number of hydrogen-bond acceptors (Lipinski definition) is 12. The van der Waals surface area contributed by atoms with E-state index in [1.54, 1.807) is 24.9 Å². The van der Waals surface area contributed by atoms with Crippen LogP contribution < -0.4 is 28.3 Å². The zero-order valence-electron chi connectivity index (χ0n) is 42.9. The summed E-state index contributed by atoms with van der Waals surface area (Å²) in [5.41, 5.74) is 13.6. The second-order valence-corrected chi connectivity index (χ2v) is 20.0. The van der Waals surface area contributed by atoms with Crippen LogP contribution in [0.15, 0.2) is 70.5 Å². The first-order valence-electron chi connectivity index (χ1n) is 23.2. The van der Waals surface area contributed by atoms with Crippen molar-refractivity contribution in [3.63, 3.8) is 0 Å². The van der Waals surface area contributed by atoms with Crippen molar-refractivity contribution in [2.75, 3.05) is 24.6 Å². The summed E-state index contributed by atoms with van der Waals surface area (Å²) in [6, 6.07) is 15.4. The molecule has 0 radical (unpaired) electrons. The molecule has 1 aliphatic rings. The number of hydrogen-bond donors (Lipinski definition) is 3. The lowest BCUT2D eigenvalue weighted by Gasteiger charge is -2.32. The standard InChI is InChI=1S/C23H38BNO4.C22H32N4O3.C5H7N3O/c1-10-11-16-25(20(26)27-21(3,4)5)17(2)18-12-14-19(15-13-18)24-28-22(6,7)23(8,9)29-24;1-7-8-13-25(21(28)29-22(4,5)6)16(3)17-9-11-18(12-10-17)26-14-15(2)19(23)24-20(26)27;1-3-2-7-5(9)8-4(3)6/h12-15,17H,10-11,16H2,1-9H3;9-12,14,16H,7-8,13H2,1-6H3,(H2,23,24,27);2H,1H3,(H3,6,7,8,9)/t17-;16-;/m00./s1. The lowest BCUT2D eigenvalue weighted by atomic mass is 9.78. The van der Waals surface area contributed by atoms with E-state index in [2.05, 4.69) is 56.5 Å². The molecule has 3 heterocycles. The zero-order chi connectivity index (χ0) is 50.7. The fraction of sp³-hybridized carbons (Fsp3) is 0.560. The number of nitrogens with one attached hydrogen (secondary N) is 1. The van der Waals surface area contributed by atoms with E-state index in [1.165, 1.54) is 10.8 Å². The molecular weight excluding hydrogens is 851 g/mol. The van der Waals surface area contributed by atoms with Crippen LogP contribution in [0.25, 0.3) is 5.69 Å². The number of nitrogens with two attached hydrogens (primary N) is 2. The monoisotopic (exact) mass is 929 g/mol. The van der Waals surface area contributed by atoms with Gasteiger partial charge in [-0.15, -0.1) is 0 Å². The summed E-state index contributed by atoms with van der Waals surface area (Å²) >= 11 is 0. The van der Waals surface area contributed by atoms with Gasteiger partial charge in [-0.3, -0.25) is 9.55 Å². The molecule has 0 aliphatic carbocycles. The van der Waals surface area contributed by atoms with Gasteiger partial charge >= 0.3 is 30.7 Å². The molecule has 368 valence electrons. The highest BCUT2D eigenvalue weighted by Gasteiger charge is 2.51. The normalized spacial score (nSPS) is 15.0. The third-order valence-corrected chi connectivity index (χ3v) is 11.5. The predicted molar refractivity (Wildman–Crippen MR) is 268 cm³/mol. The summed E-state index contributed by atoms with van der Waals surface area (Å²) in [7, 11) is -0.383. The highest BCUT2D eigenvalue weighted by molar-refractivity contribution is 6.62. The average molecular weight is 929 g/mol. The number of ether oxygens (including phenoxy) is 2. The molecule has 17 heteroatoms.